The summed E-state index contributed by atoms with van der Waals surface area (Å²) in [5, 5.41) is 9.91. The van der Waals surface area contributed by atoms with Crippen LogP contribution in [-0.2, 0) is 0 Å². The lowest BCUT2D eigenvalue weighted by Gasteiger charge is -2.27. The highest BCUT2D eigenvalue weighted by atomic mass is 15.2. The average Bonchev–Trinajstić information content (AvgIpc) is 4.20. The van der Waals surface area contributed by atoms with Crippen molar-refractivity contribution in [2.24, 2.45) is 0 Å². The van der Waals surface area contributed by atoms with E-state index in [1.807, 2.05) is 0 Å². The molecule has 4 heteroatoms. The van der Waals surface area contributed by atoms with Crippen LogP contribution in [0, 0.1) is 27.7 Å². The summed E-state index contributed by atoms with van der Waals surface area (Å²) in [7, 11) is 0. The summed E-state index contributed by atoms with van der Waals surface area (Å²) in [4.78, 5) is 4.95. The van der Waals surface area contributed by atoms with Crippen LogP contribution < -0.4 is 9.80 Å². The standard InChI is InChI=1S/C70H50N4/c1-43-37-44(2)40-51(39-43)71(49-25-13-7-14-26-49)59-35-33-55-65-61(47-21-9-5-10-22-47)70-66(62(48-23-11-6-12-24-48)69(65)73-57-31-19-17-29-53(57)63(59)67(55)73)56-34-36-60(64-54-30-18-20-32-58(54)74(70)68(56)64)72(50-27-15-8-16-28-50)52-41-45(3)38-46(4)42-52/h5-42H,1-4H3. The van der Waals surface area contributed by atoms with Gasteiger partial charge in [0, 0.05) is 77.0 Å². The first-order valence-corrected chi connectivity index (χ1v) is 25.8. The van der Waals surface area contributed by atoms with Gasteiger partial charge in [-0.2, -0.15) is 0 Å². The van der Waals surface area contributed by atoms with Gasteiger partial charge in [-0.3, -0.25) is 0 Å². The van der Waals surface area contributed by atoms with Crippen LogP contribution in [0.15, 0.2) is 231 Å². The third kappa shape index (κ3) is 6.03. The van der Waals surface area contributed by atoms with E-state index >= 15 is 0 Å². The van der Waals surface area contributed by atoms with Crippen LogP contribution in [-0.4, -0.2) is 8.80 Å². The minimum Gasteiger partial charge on any atom is -0.310 e. The number of nitrogens with zero attached hydrogens (tertiary/aromatic N) is 4. The topological polar surface area (TPSA) is 15.3 Å². The lowest BCUT2D eigenvalue weighted by atomic mass is 9.89. The Morgan fingerprint density at radius 3 is 0.986 bits per heavy atom. The Hall–Kier alpha value is -9.38. The third-order valence-electron chi connectivity index (χ3n) is 15.6. The molecule has 0 N–H and O–H groups in total. The number of fused-ring (bicyclic) bond motifs is 12. The van der Waals surface area contributed by atoms with Crippen LogP contribution >= 0.6 is 0 Å². The molecule has 0 amide bonds. The minimum atomic E-state index is 1.12. The fraction of sp³-hybridized carbons (Fsp3) is 0.0571. The second kappa shape index (κ2) is 16.1. The van der Waals surface area contributed by atoms with Gasteiger partial charge in [0.15, 0.2) is 0 Å². The summed E-state index contributed by atoms with van der Waals surface area (Å²) in [6.45, 7) is 8.82. The van der Waals surface area contributed by atoms with E-state index in [2.05, 4.69) is 277 Å². The van der Waals surface area contributed by atoms with Crippen molar-refractivity contribution in [2.75, 3.05) is 9.80 Å². The van der Waals surface area contributed by atoms with E-state index < -0.39 is 0 Å². The van der Waals surface area contributed by atoms with Crippen LogP contribution in [0.4, 0.5) is 34.1 Å². The van der Waals surface area contributed by atoms with Gasteiger partial charge in [-0.05, 0) is 134 Å². The van der Waals surface area contributed by atoms with Gasteiger partial charge in [-0.15, -0.1) is 0 Å². The predicted molar refractivity (Wildman–Crippen MR) is 315 cm³/mol. The van der Waals surface area contributed by atoms with E-state index in [9.17, 15) is 0 Å². The zero-order valence-corrected chi connectivity index (χ0v) is 41.7. The number of hydrogen-bond acceptors (Lipinski definition) is 2. The zero-order chi connectivity index (χ0) is 49.3. The quantitative estimate of drug-likeness (QED) is 0.151. The Morgan fingerprint density at radius 1 is 0.270 bits per heavy atom. The zero-order valence-electron chi connectivity index (χ0n) is 41.7. The number of para-hydroxylation sites is 4. The molecule has 15 aromatic rings. The normalized spacial score (nSPS) is 12.1. The molecule has 0 atom stereocenters. The molecule has 350 valence electrons. The summed E-state index contributed by atoms with van der Waals surface area (Å²) in [6.07, 6.45) is 0. The average molecular weight is 947 g/mol. The fourth-order valence-electron chi connectivity index (χ4n) is 13.0. The Balaban J connectivity index is 1.17. The maximum Gasteiger partial charge on any atom is 0.0642 e. The Kier molecular flexibility index (Phi) is 9.19. The molecule has 0 aliphatic rings. The van der Waals surface area contributed by atoms with Gasteiger partial charge in [0.25, 0.3) is 0 Å². The van der Waals surface area contributed by atoms with Crippen molar-refractivity contribution in [1.29, 1.82) is 0 Å². The Labute approximate surface area is 429 Å². The van der Waals surface area contributed by atoms with E-state index in [1.165, 1.54) is 121 Å². The van der Waals surface area contributed by atoms with Gasteiger partial charge in [0.1, 0.15) is 0 Å². The molecule has 15 rings (SSSR count). The highest BCUT2D eigenvalue weighted by molar-refractivity contribution is 6.39. The molecular weight excluding hydrogens is 897 g/mol. The van der Waals surface area contributed by atoms with Crippen molar-refractivity contribution < 1.29 is 0 Å². The van der Waals surface area contributed by atoms with Crippen molar-refractivity contribution in [3.05, 3.63) is 253 Å². The number of benzene rings is 11. The SMILES string of the molecule is Cc1cc(C)cc(N(c2ccccc2)c2ccc3c4c(-c5ccccc5)c5c(c(-c6ccccc6)c4n4c6ccccc6c2c34)c2ccc(N(c3ccccc3)c3cc(C)cc(C)c3)c3c4ccccc4n5c23)c1. The van der Waals surface area contributed by atoms with Crippen LogP contribution in [0.5, 0.6) is 0 Å². The molecule has 0 radical (unpaired) electrons. The Bertz CT molecular complexity index is 4340. The van der Waals surface area contributed by atoms with Crippen molar-refractivity contribution >= 4 is 110 Å². The largest absolute Gasteiger partial charge is 0.310 e. The molecule has 0 aliphatic carbocycles. The van der Waals surface area contributed by atoms with E-state index in [4.69, 9.17) is 0 Å². The maximum atomic E-state index is 2.63. The van der Waals surface area contributed by atoms with Gasteiger partial charge >= 0.3 is 0 Å². The first kappa shape index (κ1) is 42.3. The predicted octanol–water partition coefficient (Wildman–Crippen LogP) is 19.5. The Morgan fingerprint density at radius 2 is 0.608 bits per heavy atom. The maximum absolute atomic E-state index is 2.63. The van der Waals surface area contributed by atoms with E-state index in [0.29, 0.717) is 0 Å². The van der Waals surface area contributed by atoms with Crippen molar-refractivity contribution in [1.82, 2.24) is 8.80 Å². The molecule has 11 aromatic carbocycles. The van der Waals surface area contributed by atoms with E-state index in [1.54, 1.807) is 0 Å². The fourth-order valence-corrected chi connectivity index (χ4v) is 13.0. The summed E-state index contributed by atoms with van der Waals surface area (Å²) >= 11 is 0. The van der Waals surface area contributed by atoms with E-state index in [-0.39, 0.29) is 0 Å². The molecule has 0 aliphatic heterocycles. The van der Waals surface area contributed by atoms with Crippen LogP contribution in [0.25, 0.3) is 98.4 Å². The number of hydrogen-bond donors (Lipinski definition) is 0. The number of aromatic nitrogens is 2. The van der Waals surface area contributed by atoms with Crippen molar-refractivity contribution in [3.63, 3.8) is 0 Å². The number of aryl methyl sites for hydroxylation is 4. The van der Waals surface area contributed by atoms with Gasteiger partial charge in [-0.25, -0.2) is 0 Å². The molecule has 4 nitrogen and oxygen atoms in total. The molecule has 0 fully saturated rings. The first-order valence-electron chi connectivity index (χ1n) is 25.8. The second-order valence-electron chi connectivity index (χ2n) is 20.4. The van der Waals surface area contributed by atoms with Crippen LogP contribution in [0.2, 0.25) is 0 Å². The summed E-state index contributed by atoms with van der Waals surface area (Å²) in [5.41, 5.74) is 23.9. The minimum absolute atomic E-state index is 1.12. The third-order valence-corrected chi connectivity index (χ3v) is 15.6. The number of anilines is 6. The lowest BCUT2D eigenvalue weighted by Crippen LogP contribution is -2.10. The molecular formula is C70H50N4. The van der Waals surface area contributed by atoms with Crippen molar-refractivity contribution in [2.45, 2.75) is 27.7 Å². The molecule has 74 heavy (non-hydrogen) atoms. The molecule has 0 bridgehead atoms. The highest BCUT2D eigenvalue weighted by Crippen LogP contribution is 2.57. The highest BCUT2D eigenvalue weighted by Gasteiger charge is 2.33. The van der Waals surface area contributed by atoms with Crippen LogP contribution in [0.3, 0.4) is 0 Å². The summed E-state index contributed by atoms with van der Waals surface area (Å²) in [6, 6.07) is 85.8. The molecule has 0 spiro atoms. The molecule has 4 aromatic heterocycles. The molecule has 0 saturated heterocycles. The monoisotopic (exact) mass is 946 g/mol. The van der Waals surface area contributed by atoms with Gasteiger partial charge in [0.05, 0.1) is 44.5 Å². The smallest absolute Gasteiger partial charge is 0.0642 e. The van der Waals surface area contributed by atoms with Gasteiger partial charge in [0.2, 0.25) is 0 Å². The molecule has 4 heterocycles. The molecule has 0 saturated carbocycles. The second-order valence-corrected chi connectivity index (χ2v) is 20.4. The van der Waals surface area contributed by atoms with Gasteiger partial charge in [-0.1, -0.05) is 158 Å². The van der Waals surface area contributed by atoms with E-state index in [0.717, 1.165) is 34.1 Å². The van der Waals surface area contributed by atoms with Crippen molar-refractivity contribution in [3.8, 4) is 22.3 Å². The summed E-state index contributed by atoms with van der Waals surface area (Å²) < 4.78 is 5.26. The number of rotatable bonds is 8. The molecule has 0 unspecified atom stereocenters. The lowest BCUT2D eigenvalue weighted by molar-refractivity contribution is 1.26. The first-order chi connectivity index (χ1) is 36.4. The summed E-state index contributed by atoms with van der Waals surface area (Å²) in [5.74, 6) is 0. The van der Waals surface area contributed by atoms with Gasteiger partial charge < -0.3 is 18.6 Å². The van der Waals surface area contributed by atoms with Crippen LogP contribution in [0.1, 0.15) is 22.3 Å².